The molecule has 2 fully saturated rings. The molecule has 0 radical (unpaired) electrons. The Morgan fingerprint density at radius 3 is 2.00 bits per heavy atom. The molecule has 3 aliphatic rings. The first-order valence-electron chi connectivity index (χ1n) is 31.0. The summed E-state index contributed by atoms with van der Waals surface area (Å²) in [5, 5.41) is 4.09. The molecule has 4 rings (SSSR count). The lowest BCUT2D eigenvalue weighted by molar-refractivity contribution is -0.201. The van der Waals surface area contributed by atoms with E-state index in [2.05, 4.69) is 26.1 Å². The first-order chi connectivity index (χ1) is 40.1. The zero-order chi connectivity index (χ0) is 61.9. The Hall–Kier alpha value is -5.25. The van der Waals surface area contributed by atoms with Gasteiger partial charge < -0.3 is 34.1 Å². The van der Waals surface area contributed by atoms with E-state index in [1.165, 1.54) is 17.2 Å². The van der Waals surface area contributed by atoms with Crippen molar-refractivity contribution in [1.29, 1.82) is 0 Å². The summed E-state index contributed by atoms with van der Waals surface area (Å²) in [7, 11) is 5.27. The number of nitrogens with zero attached hydrogens (tertiary/aromatic N) is 5. The van der Waals surface area contributed by atoms with Crippen LogP contribution in [0.15, 0.2) is 42.5 Å². The quantitative estimate of drug-likeness (QED) is 0.0560. The van der Waals surface area contributed by atoms with Crippen LogP contribution in [0.5, 0.6) is 0 Å². The summed E-state index contributed by atoms with van der Waals surface area (Å²) in [5.74, 6) is -3.87. The van der Waals surface area contributed by atoms with Gasteiger partial charge in [-0.15, -0.1) is 0 Å². The average molecular weight is 1180 g/mol. The van der Waals surface area contributed by atoms with Crippen LogP contribution in [0.4, 0.5) is 0 Å². The van der Waals surface area contributed by atoms with Crippen molar-refractivity contribution in [2.24, 2.45) is 41.4 Å². The molecule has 2 saturated heterocycles. The minimum atomic E-state index is -0.614. The molecule has 20 heteroatoms. The average Bonchev–Trinajstić information content (AvgIpc) is 3.31. The number of imide groups is 1. The van der Waals surface area contributed by atoms with Gasteiger partial charge in [0.05, 0.1) is 83.4 Å². The van der Waals surface area contributed by atoms with E-state index < -0.39 is 29.9 Å². The van der Waals surface area contributed by atoms with Gasteiger partial charge in [-0.2, -0.15) is 0 Å². The Bertz CT molecular complexity index is 2270. The fraction of sp³-hybridized carbons (Fsp3) is 0.734. The number of likely N-dealkylation sites (tertiary alicyclic amines) is 1. The molecule has 1 aromatic carbocycles. The number of methoxy groups -OCH3 is 1. The van der Waals surface area contributed by atoms with Gasteiger partial charge in [-0.05, 0) is 81.4 Å². The third-order valence-corrected chi connectivity index (χ3v) is 17.1. The summed E-state index contributed by atoms with van der Waals surface area (Å²) in [6, 6.07) is 8.56. The van der Waals surface area contributed by atoms with Crippen molar-refractivity contribution in [3.05, 3.63) is 48.0 Å². The van der Waals surface area contributed by atoms with Gasteiger partial charge in [0.1, 0.15) is 5.78 Å². The summed E-state index contributed by atoms with van der Waals surface area (Å²) in [5.41, 5.74) is 0.961. The fourth-order valence-electron chi connectivity index (χ4n) is 12.2. The molecular weight excluding hydrogens is 1080 g/mol. The molecule has 0 bridgehead atoms. The van der Waals surface area contributed by atoms with Gasteiger partial charge in [0, 0.05) is 89.4 Å². The molecule has 1 aromatic rings. The van der Waals surface area contributed by atoms with Crippen molar-refractivity contribution in [2.45, 2.75) is 163 Å². The Kier molecular flexibility index (Phi) is 31.7. The largest absolute Gasteiger partial charge is 0.379 e. The summed E-state index contributed by atoms with van der Waals surface area (Å²) < 4.78 is 22.5. The van der Waals surface area contributed by atoms with Gasteiger partial charge in [0.15, 0.2) is 11.6 Å². The zero-order valence-electron chi connectivity index (χ0n) is 52.5. The number of likely N-dealkylation sites (N-methyl/N-ethyl adjacent to an activating group) is 1. The number of amides is 6. The highest BCUT2D eigenvalue weighted by Gasteiger charge is 2.44. The Balaban J connectivity index is 1.26. The van der Waals surface area contributed by atoms with Crippen LogP contribution in [0.1, 0.15) is 138 Å². The zero-order valence-corrected chi connectivity index (χ0v) is 52.5. The number of carbonyl (C=O) groups is 9. The highest BCUT2D eigenvalue weighted by atomic mass is 16.7. The normalized spacial score (nSPS) is 18.5. The van der Waals surface area contributed by atoms with Crippen molar-refractivity contribution in [3.63, 3.8) is 0 Å². The SMILES string of the molecule is CC[C@H](CC(=O)N1CCC[C@H]1[C@H](OC)[C@@H](C)C(=O)C[C@@H](Cc1ccccc1)C(=O)N1CCCCO1)[C@H]([C@@H](C)CC)N(C)C(=O)[C@@H](CC(=O)[C@H](C(C)C)N(C)CCCC(=O)CNC(=O)CCOCCOCCOCCN1C(=O)C=CC1=O)C(C)C. The van der Waals surface area contributed by atoms with Crippen molar-refractivity contribution >= 4 is 52.8 Å². The minimum absolute atomic E-state index is 0.0190. The molecule has 472 valence electrons. The number of rotatable bonds is 41. The van der Waals surface area contributed by atoms with Crippen LogP contribution in [0.25, 0.3) is 0 Å². The number of Topliss-reactive ketones (excluding diaryl/α,β-unsaturated/α-hetero) is 3. The number of benzene rings is 1. The Morgan fingerprint density at radius 1 is 0.750 bits per heavy atom. The summed E-state index contributed by atoms with van der Waals surface area (Å²) in [4.78, 5) is 133. The molecule has 0 spiro atoms. The molecule has 84 heavy (non-hydrogen) atoms. The first kappa shape index (κ1) is 71.2. The van der Waals surface area contributed by atoms with Crippen LogP contribution in [0, 0.1) is 41.4 Å². The predicted molar refractivity (Wildman–Crippen MR) is 319 cm³/mol. The van der Waals surface area contributed by atoms with Gasteiger partial charge >= 0.3 is 0 Å². The van der Waals surface area contributed by atoms with Crippen molar-refractivity contribution in [1.82, 2.24) is 30.0 Å². The van der Waals surface area contributed by atoms with Gasteiger partial charge in [-0.3, -0.25) is 57.8 Å². The smallest absolute Gasteiger partial charge is 0.253 e. The summed E-state index contributed by atoms with van der Waals surface area (Å²) in [6.45, 7) is 19.5. The molecule has 0 aliphatic carbocycles. The van der Waals surface area contributed by atoms with Crippen LogP contribution in [0.2, 0.25) is 0 Å². The highest BCUT2D eigenvalue weighted by molar-refractivity contribution is 6.12. The number of carbonyl (C=O) groups excluding carboxylic acids is 9. The molecular formula is C64H102N6O14. The number of hydrogen-bond donors (Lipinski definition) is 1. The fourth-order valence-corrected chi connectivity index (χ4v) is 12.2. The maximum atomic E-state index is 14.9. The van der Waals surface area contributed by atoms with Crippen molar-refractivity contribution in [3.8, 4) is 0 Å². The molecule has 3 heterocycles. The van der Waals surface area contributed by atoms with Crippen LogP contribution in [-0.4, -0.2) is 202 Å². The third-order valence-electron chi connectivity index (χ3n) is 17.1. The van der Waals surface area contributed by atoms with E-state index in [0.717, 1.165) is 36.1 Å². The second-order valence-electron chi connectivity index (χ2n) is 23.9. The number of ketones is 3. The number of ether oxygens (including phenoxy) is 4. The van der Waals surface area contributed by atoms with Crippen LogP contribution in [0.3, 0.4) is 0 Å². The van der Waals surface area contributed by atoms with E-state index >= 15 is 0 Å². The molecule has 0 unspecified atom stereocenters. The van der Waals surface area contributed by atoms with E-state index in [-0.39, 0.29) is 167 Å². The second kappa shape index (κ2) is 37.3. The van der Waals surface area contributed by atoms with E-state index in [9.17, 15) is 43.2 Å². The van der Waals surface area contributed by atoms with Gasteiger partial charge in [0.25, 0.3) is 11.8 Å². The van der Waals surface area contributed by atoms with E-state index in [1.807, 2.05) is 93.7 Å². The first-order valence-corrected chi connectivity index (χ1v) is 31.0. The van der Waals surface area contributed by atoms with Gasteiger partial charge in [0.2, 0.25) is 23.6 Å². The van der Waals surface area contributed by atoms with Gasteiger partial charge in [-0.1, -0.05) is 98.6 Å². The lowest BCUT2D eigenvalue weighted by Gasteiger charge is -2.41. The highest BCUT2D eigenvalue weighted by Crippen LogP contribution is 2.34. The Morgan fingerprint density at radius 2 is 1.40 bits per heavy atom. The molecule has 0 saturated carbocycles. The van der Waals surface area contributed by atoms with Gasteiger partial charge in [-0.25, -0.2) is 5.06 Å². The molecule has 20 nitrogen and oxygen atoms in total. The molecule has 6 amide bonds. The molecule has 1 N–H and O–H groups in total. The second-order valence-corrected chi connectivity index (χ2v) is 23.9. The predicted octanol–water partition coefficient (Wildman–Crippen LogP) is 6.31. The standard InChI is InChI=1S/C64H102N6O14/c1-12-46(7)61(49(13-2)41-59(77)68-29-20-24-53(68)62(80-11)47(8)54(72)40-50(39-48-21-15-14-16-22-48)63(78)70-30-17-18-32-84-70)67(10)64(79)52(44(3)4)42-55(73)60(45(5)6)66(9)28-19-23-51(71)43-65-56(74)27-33-81-35-37-83-38-36-82-34-31-69-57(75)25-26-58(69)76/h14-16,21-22,25-26,44-47,49-50,52-53,60-62H,12-13,17-20,23-24,27-43H2,1-11H3,(H,65,74)/t46-,47-,49+,50+,52-,53-,60-,61-,62+/m0/s1. The minimum Gasteiger partial charge on any atom is -0.379 e. The van der Waals surface area contributed by atoms with Crippen LogP contribution < -0.4 is 5.32 Å². The lowest BCUT2D eigenvalue weighted by atomic mass is 9.80. The summed E-state index contributed by atoms with van der Waals surface area (Å²) >= 11 is 0. The van der Waals surface area contributed by atoms with Crippen molar-refractivity contribution < 1.29 is 66.9 Å². The maximum absolute atomic E-state index is 14.9. The van der Waals surface area contributed by atoms with E-state index in [0.29, 0.717) is 58.5 Å². The lowest BCUT2D eigenvalue weighted by Crippen LogP contribution is -2.52. The Labute approximate surface area is 500 Å². The number of hydroxylamine groups is 2. The van der Waals surface area contributed by atoms with Crippen LogP contribution >= 0.6 is 0 Å². The maximum Gasteiger partial charge on any atom is 0.253 e. The monoisotopic (exact) mass is 1180 g/mol. The molecule has 9 atom stereocenters. The molecule has 3 aliphatic heterocycles. The van der Waals surface area contributed by atoms with Crippen LogP contribution in [-0.2, 0) is 73.4 Å². The number of hydrogen-bond acceptors (Lipinski definition) is 15. The molecule has 0 aromatic heterocycles. The van der Waals surface area contributed by atoms with E-state index in [1.54, 1.807) is 7.11 Å². The van der Waals surface area contributed by atoms with E-state index in [4.69, 9.17) is 23.8 Å². The summed E-state index contributed by atoms with van der Waals surface area (Å²) in [6.07, 6.45) is 7.83. The number of nitrogens with one attached hydrogen (secondary N) is 1. The third kappa shape index (κ3) is 22.2. The van der Waals surface area contributed by atoms with Crippen molar-refractivity contribution in [2.75, 3.05) is 100 Å². The topological polar surface area (TPSA) is 228 Å².